The number of halogens is 3. The van der Waals surface area contributed by atoms with Gasteiger partial charge in [-0.05, 0) is 43.2 Å². The number of carbonyl (C=O) groups excluding carboxylic acids is 1. The summed E-state index contributed by atoms with van der Waals surface area (Å²) in [6, 6.07) is 15.1. The van der Waals surface area contributed by atoms with E-state index < -0.39 is 18.3 Å². The number of alkyl halides is 3. The lowest BCUT2D eigenvalue weighted by atomic mass is 9.93. The Kier molecular flexibility index (Phi) is 6.17. The zero-order valence-electron chi connectivity index (χ0n) is 15.8. The van der Waals surface area contributed by atoms with Crippen LogP contribution in [0.1, 0.15) is 29.3 Å². The highest BCUT2D eigenvalue weighted by atomic mass is 32.2. The zero-order chi connectivity index (χ0) is 20.4. The van der Waals surface area contributed by atoms with Crippen LogP contribution in [0.15, 0.2) is 58.3 Å². The molecule has 3 rings (SSSR count). The molecule has 2 aromatic carbocycles. The highest BCUT2D eigenvalue weighted by Gasteiger charge is 2.43. The second-order valence-electron chi connectivity index (χ2n) is 6.98. The van der Waals surface area contributed by atoms with Gasteiger partial charge in [0.1, 0.15) is 5.60 Å². The minimum atomic E-state index is -4.21. The topological polar surface area (TPSA) is 29.5 Å². The van der Waals surface area contributed by atoms with Crippen LogP contribution in [0.4, 0.5) is 13.2 Å². The first-order valence-electron chi connectivity index (χ1n) is 8.94. The molecule has 0 N–H and O–H groups in total. The molecule has 1 aliphatic rings. The van der Waals surface area contributed by atoms with Crippen LogP contribution in [0, 0.1) is 0 Å². The van der Waals surface area contributed by atoms with Gasteiger partial charge in [-0.25, -0.2) is 0 Å². The number of ether oxygens (including phenoxy) is 1. The lowest BCUT2D eigenvalue weighted by Gasteiger charge is -2.29. The number of hydrogen-bond donors (Lipinski definition) is 0. The summed E-state index contributed by atoms with van der Waals surface area (Å²) in [5.74, 6) is 0.0187. The third-order valence-corrected chi connectivity index (χ3v) is 5.96. The highest BCUT2D eigenvalue weighted by molar-refractivity contribution is 7.99. The molecular weight excluding hydrogens is 387 g/mol. The molecule has 150 valence electrons. The van der Waals surface area contributed by atoms with Gasteiger partial charge < -0.3 is 4.74 Å². The SMILES string of the molecule is COC1(c2cccc(Sc3ccc(C(C)=O)cc3)c2)CCN(CC(F)(F)F)C1. The molecule has 0 saturated carbocycles. The summed E-state index contributed by atoms with van der Waals surface area (Å²) in [6.07, 6.45) is -3.70. The van der Waals surface area contributed by atoms with E-state index >= 15 is 0 Å². The van der Waals surface area contributed by atoms with Gasteiger partial charge in [0.05, 0.1) is 6.54 Å². The van der Waals surface area contributed by atoms with Crippen molar-refractivity contribution in [3.63, 3.8) is 0 Å². The van der Waals surface area contributed by atoms with E-state index in [0.717, 1.165) is 15.4 Å². The van der Waals surface area contributed by atoms with Crippen LogP contribution >= 0.6 is 11.8 Å². The minimum Gasteiger partial charge on any atom is -0.372 e. The van der Waals surface area contributed by atoms with Crippen molar-refractivity contribution < 1.29 is 22.7 Å². The fraction of sp³-hybridized carbons (Fsp3) is 0.381. The van der Waals surface area contributed by atoms with Gasteiger partial charge in [-0.3, -0.25) is 9.69 Å². The Balaban J connectivity index is 1.77. The predicted molar refractivity (Wildman–Crippen MR) is 103 cm³/mol. The maximum absolute atomic E-state index is 12.7. The van der Waals surface area contributed by atoms with Gasteiger partial charge in [0.25, 0.3) is 0 Å². The van der Waals surface area contributed by atoms with Gasteiger partial charge in [-0.15, -0.1) is 0 Å². The van der Waals surface area contributed by atoms with E-state index in [-0.39, 0.29) is 12.3 Å². The van der Waals surface area contributed by atoms with Crippen molar-refractivity contribution in [2.75, 3.05) is 26.7 Å². The standard InChI is InChI=1S/C21H22F3NO2S/c1-15(26)16-6-8-18(9-7-16)28-19-5-3-4-17(12-19)20(27-2)10-11-25(13-20)14-21(22,23)24/h3-9,12H,10-11,13-14H2,1-2H3. The van der Waals surface area contributed by atoms with Crippen LogP contribution in [0.3, 0.4) is 0 Å². The first-order valence-corrected chi connectivity index (χ1v) is 9.76. The molecule has 0 aliphatic carbocycles. The van der Waals surface area contributed by atoms with Crippen molar-refractivity contribution in [3.05, 3.63) is 59.7 Å². The second kappa shape index (κ2) is 8.27. The van der Waals surface area contributed by atoms with Gasteiger partial charge in [-0.2, -0.15) is 13.2 Å². The Morgan fingerprint density at radius 2 is 1.89 bits per heavy atom. The number of hydrogen-bond acceptors (Lipinski definition) is 4. The summed E-state index contributed by atoms with van der Waals surface area (Å²) in [4.78, 5) is 14.7. The molecule has 0 bridgehead atoms. The number of methoxy groups -OCH3 is 1. The summed E-state index contributed by atoms with van der Waals surface area (Å²) in [5.41, 5.74) is 0.803. The fourth-order valence-electron chi connectivity index (χ4n) is 3.50. The first kappa shape index (κ1) is 20.9. The maximum Gasteiger partial charge on any atom is 0.401 e. The average Bonchev–Trinajstić information content (AvgIpc) is 3.05. The Labute approximate surface area is 166 Å². The van der Waals surface area contributed by atoms with Crippen molar-refractivity contribution in [3.8, 4) is 0 Å². The monoisotopic (exact) mass is 409 g/mol. The van der Waals surface area contributed by atoms with Crippen molar-refractivity contribution in [1.29, 1.82) is 0 Å². The number of Topliss-reactive ketones (excluding diaryl/α,β-unsaturated/α-hetero) is 1. The smallest absolute Gasteiger partial charge is 0.372 e. The highest BCUT2D eigenvalue weighted by Crippen LogP contribution is 2.39. The van der Waals surface area contributed by atoms with Gasteiger partial charge >= 0.3 is 6.18 Å². The lowest BCUT2D eigenvalue weighted by Crippen LogP contribution is -2.37. The van der Waals surface area contributed by atoms with E-state index in [9.17, 15) is 18.0 Å². The Hall–Kier alpha value is -1.83. The maximum atomic E-state index is 12.7. The van der Waals surface area contributed by atoms with Crippen LogP contribution in [-0.4, -0.2) is 43.6 Å². The molecule has 1 unspecified atom stereocenters. The average molecular weight is 409 g/mol. The molecule has 7 heteroatoms. The first-order chi connectivity index (χ1) is 13.2. The molecule has 28 heavy (non-hydrogen) atoms. The number of carbonyl (C=O) groups is 1. The fourth-order valence-corrected chi connectivity index (χ4v) is 4.38. The number of nitrogens with zero attached hydrogens (tertiary/aromatic N) is 1. The van der Waals surface area contributed by atoms with Gasteiger partial charge in [0, 0.05) is 35.6 Å². The normalized spacial score (nSPS) is 20.5. The van der Waals surface area contributed by atoms with E-state index in [4.69, 9.17) is 4.74 Å². The zero-order valence-corrected chi connectivity index (χ0v) is 16.6. The molecular formula is C21H22F3NO2S. The van der Waals surface area contributed by atoms with E-state index in [1.807, 2.05) is 36.4 Å². The van der Waals surface area contributed by atoms with Gasteiger partial charge in [0.2, 0.25) is 0 Å². The molecule has 0 radical (unpaired) electrons. The number of rotatable bonds is 6. The van der Waals surface area contributed by atoms with E-state index in [1.165, 1.54) is 11.8 Å². The molecule has 3 nitrogen and oxygen atoms in total. The van der Waals surface area contributed by atoms with Crippen LogP contribution in [-0.2, 0) is 10.3 Å². The molecule has 1 heterocycles. The molecule has 1 atom stereocenters. The lowest BCUT2D eigenvalue weighted by molar-refractivity contribution is -0.146. The van der Waals surface area contributed by atoms with Crippen LogP contribution < -0.4 is 0 Å². The van der Waals surface area contributed by atoms with Gasteiger partial charge in [0.15, 0.2) is 5.78 Å². The van der Waals surface area contributed by atoms with Crippen LogP contribution in [0.5, 0.6) is 0 Å². The van der Waals surface area contributed by atoms with Crippen molar-refractivity contribution in [2.45, 2.75) is 34.9 Å². The van der Waals surface area contributed by atoms with Gasteiger partial charge in [-0.1, -0.05) is 36.0 Å². The molecule has 0 aromatic heterocycles. The number of benzene rings is 2. The number of ketones is 1. The van der Waals surface area contributed by atoms with Crippen molar-refractivity contribution >= 4 is 17.5 Å². The number of likely N-dealkylation sites (tertiary alicyclic amines) is 1. The molecule has 0 amide bonds. The molecule has 2 aromatic rings. The largest absolute Gasteiger partial charge is 0.401 e. The van der Waals surface area contributed by atoms with Crippen molar-refractivity contribution in [1.82, 2.24) is 4.90 Å². The Morgan fingerprint density at radius 1 is 1.18 bits per heavy atom. The third kappa shape index (κ3) is 4.96. The van der Waals surface area contributed by atoms with Crippen LogP contribution in [0.2, 0.25) is 0 Å². The summed E-state index contributed by atoms with van der Waals surface area (Å²) < 4.78 is 44.0. The van der Waals surface area contributed by atoms with E-state index in [2.05, 4.69) is 0 Å². The van der Waals surface area contributed by atoms with Crippen molar-refractivity contribution in [2.24, 2.45) is 0 Å². The third-order valence-electron chi connectivity index (χ3n) is 4.96. The van der Waals surface area contributed by atoms with E-state index in [0.29, 0.717) is 18.5 Å². The summed E-state index contributed by atoms with van der Waals surface area (Å²) in [6.45, 7) is 1.16. The quantitative estimate of drug-likeness (QED) is 0.617. The summed E-state index contributed by atoms with van der Waals surface area (Å²) >= 11 is 1.54. The molecule has 1 saturated heterocycles. The minimum absolute atomic E-state index is 0.0187. The molecule has 1 aliphatic heterocycles. The molecule has 1 fully saturated rings. The Morgan fingerprint density at radius 3 is 2.50 bits per heavy atom. The predicted octanol–water partition coefficient (Wildman–Crippen LogP) is 5.15. The van der Waals surface area contributed by atoms with E-state index in [1.54, 1.807) is 31.0 Å². The van der Waals surface area contributed by atoms with Crippen LogP contribution in [0.25, 0.3) is 0 Å². The summed E-state index contributed by atoms with van der Waals surface area (Å²) in [7, 11) is 1.55. The molecule has 0 spiro atoms. The summed E-state index contributed by atoms with van der Waals surface area (Å²) in [5, 5.41) is 0. The Bertz CT molecular complexity index is 838. The second-order valence-corrected chi connectivity index (χ2v) is 8.13.